The second-order valence-corrected chi connectivity index (χ2v) is 7.01. The van der Waals surface area contributed by atoms with Crippen molar-refractivity contribution in [3.05, 3.63) is 46.5 Å². The van der Waals surface area contributed by atoms with Gasteiger partial charge in [-0.15, -0.1) is 0 Å². The predicted octanol–water partition coefficient (Wildman–Crippen LogP) is 5.23. The van der Waals surface area contributed by atoms with Crippen LogP contribution in [-0.4, -0.2) is 26.7 Å². The Hall–Kier alpha value is -2.40. The summed E-state index contributed by atoms with van der Waals surface area (Å²) in [6.07, 6.45) is 0.319. The molecule has 27 heavy (non-hydrogen) atoms. The van der Waals surface area contributed by atoms with Gasteiger partial charge in [-0.05, 0) is 24.0 Å². The molecule has 0 aliphatic carbocycles. The van der Waals surface area contributed by atoms with E-state index in [9.17, 15) is 4.79 Å². The van der Waals surface area contributed by atoms with Gasteiger partial charge in [-0.25, -0.2) is 0 Å². The van der Waals surface area contributed by atoms with Crippen LogP contribution in [0.5, 0.6) is 11.5 Å². The normalized spacial score (nSPS) is 10.6. The molecule has 0 atom stereocenters. The van der Waals surface area contributed by atoms with E-state index in [0.29, 0.717) is 35.4 Å². The number of anilines is 2. The zero-order valence-corrected chi connectivity index (χ0v) is 17.2. The van der Waals surface area contributed by atoms with Crippen molar-refractivity contribution < 1.29 is 14.3 Å². The van der Waals surface area contributed by atoms with Crippen LogP contribution < -0.4 is 20.1 Å². The van der Waals surface area contributed by atoms with Crippen LogP contribution in [-0.2, 0) is 4.79 Å². The molecular formula is C21H27ClN2O3. The van der Waals surface area contributed by atoms with Crippen molar-refractivity contribution in [3.8, 4) is 11.5 Å². The minimum Gasteiger partial charge on any atom is -0.495 e. The van der Waals surface area contributed by atoms with Gasteiger partial charge in [0, 0.05) is 30.8 Å². The molecule has 2 N–H and O–H groups in total. The molecule has 2 aromatic rings. The Morgan fingerprint density at radius 2 is 1.85 bits per heavy atom. The van der Waals surface area contributed by atoms with E-state index in [1.807, 2.05) is 19.1 Å². The number of rotatable bonds is 8. The van der Waals surface area contributed by atoms with Crippen LogP contribution in [0.15, 0.2) is 30.3 Å². The Kier molecular flexibility index (Phi) is 7.36. The van der Waals surface area contributed by atoms with E-state index in [4.69, 9.17) is 21.1 Å². The Bertz CT molecular complexity index is 806. The maximum Gasteiger partial charge on any atom is 0.226 e. The number of ether oxygens (including phenoxy) is 2. The first-order valence-corrected chi connectivity index (χ1v) is 9.30. The van der Waals surface area contributed by atoms with E-state index in [1.54, 1.807) is 26.4 Å². The largest absolute Gasteiger partial charge is 0.495 e. The lowest BCUT2D eigenvalue weighted by Gasteiger charge is -2.17. The van der Waals surface area contributed by atoms with Gasteiger partial charge in [0.1, 0.15) is 11.5 Å². The number of halogens is 1. The minimum atomic E-state index is -0.0430. The zero-order valence-electron chi connectivity index (χ0n) is 16.5. The van der Waals surface area contributed by atoms with Gasteiger partial charge in [0.15, 0.2) is 0 Å². The van der Waals surface area contributed by atoms with Crippen molar-refractivity contribution in [1.29, 1.82) is 0 Å². The first kappa shape index (κ1) is 20.9. The SMILES string of the molecule is COc1cc(NCCC(=O)Nc2c(C)cccc2C(C)C)c(OC)cc1Cl. The summed E-state index contributed by atoms with van der Waals surface area (Å²) in [7, 11) is 3.13. The molecule has 6 heteroatoms. The number of carbonyl (C=O) groups excluding carboxylic acids is 1. The fourth-order valence-electron chi connectivity index (χ4n) is 2.85. The highest BCUT2D eigenvalue weighted by Crippen LogP contribution is 2.35. The van der Waals surface area contributed by atoms with Crippen LogP contribution in [0.3, 0.4) is 0 Å². The number of hydrogen-bond donors (Lipinski definition) is 2. The van der Waals surface area contributed by atoms with Gasteiger partial charge < -0.3 is 20.1 Å². The second kappa shape index (κ2) is 9.51. The van der Waals surface area contributed by atoms with Gasteiger partial charge in [-0.1, -0.05) is 43.6 Å². The molecule has 0 bridgehead atoms. The summed E-state index contributed by atoms with van der Waals surface area (Å²) in [6.45, 7) is 6.69. The van der Waals surface area contributed by atoms with E-state index in [2.05, 4.69) is 30.5 Å². The summed E-state index contributed by atoms with van der Waals surface area (Å²) in [5, 5.41) is 6.73. The van der Waals surface area contributed by atoms with Gasteiger partial charge in [0.25, 0.3) is 0 Å². The van der Waals surface area contributed by atoms with Crippen LogP contribution >= 0.6 is 11.6 Å². The second-order valence-electron chi connectivity index (χ2n) is 6.61. The van der Waals surface area contributed by atoms with Crippen molar-refractivity contribution in [1.82, 2.24) is 0 Å². The number of aryl methyl sites for hydroxylation is 1. The molecule has 0 aliphatic rings. The van der Waals surface area contributed by atoms with E-state index in [1.165, 1.54) is 0 Å². The molecule has 0 saturated heterocycles. The number of para-hydroxylation sites is 1. The molecule has 0 aromatic heterocycles. The summed E-state index contributed by atoms with van der Waals surface area (Å²) in [6, 6.07) is 9.52. The summed E-state index contributed by atoms with van der Waals surface area (Å²) in [4.78, 5) is 12.4. The van der Waals surface area contributed by atoms with E-state index in [-0.39, 0.29) is 5.91 Å². The maximum absolute atomic E-state index is 12.4. The molecule has 0 radical (unpaired) electrons. The number of benzene rings is 2. The number of amides is 1. The molecule has 0 unspecified atom stereocenters. The summed E-state index contributed by atoms with van der Waals surface area (Å²) < 4.78 is 10.6. The van der Waals surface area contributed by atoms with Crippen LogP contribution in [0.4, 0.5) is 11.4 Å². The standard InChI is InChI=1S/C21H27ClN2O3/c1-13(2)15-8-6-7-14(3)21(15)24-20(25)9-10-23-17-12-18(26-4)16(22)11-19(17)27-5/h6-8,11-13,23H,9-10H2,1-5H3,(H,24,25). The maximum atomic E-state index is 12.4. The monoisotopic (exact) mass is 390 g/mol. The van der Waals surface area contributed by atoms with Gasteiger partial charge in [0.2, 0.25) is 5.91 Å². The van der Waals surface area contributed by atoms with Crippen molar-refractivity contribution in [3.63, 3.8) is 0 Å². The molecule has 0 spiro atoms. The van der Waals surface area contributed by atoms with Crippen molar-refractivity contribution >= 4 is 28.9 Å². The summed E-state index contributed by atoms with van der Waals surface area (Å²) in [5.74, 6) is 1.44. The first-order chi connectivity index (χ1) is 12.9. The molecule has 1 amide bonds. The van der Waals surface area contributed by atoms with Crippen LogP contribution in [0.25, 0.3) is 0 Å². The van der Waals surface area contributed by atoms with E-state index in [0.717, 1.165) is 22.5 Å². The number of nitrogens with one attached hydrogen (secondary N) is 2. The lowest BCUT2D eigenvalue weighted by atomic mass is 9.98. The average molecular weight is 391 g/mol. The molecule has 0 heterocycles. The van der Waals surface area contributed by atoms with Crippen LogP contribution in [0.1, 0.15) is 37.3 Å². The smallest absolute Gasteiger partial charge is 0.226 e. The number of methoxy groups -OCH3 is 2. The molecule has 5 nitrogen and oxygen atoms in total. The minimum absolute atomic E-state index is 0.0430. The van der Waals surface area contributed by atoms with Crippen LogP contribution in [0, 0.1) is 6.92 Å². The Labute approximate surface area is 166 Å². The average Bonchev–Trinajstić information content (AvgIpc) is 2.63. The summed E-state index contributed by atoms with van der Waals surface area (Å²) in [5.41, 5.74) is 3.83. The van der Waals surface area contributed by atoms with Crippen LogP contribution in [0.2, 0.25) is 5.02 Å². The lowest BCUT2D eigenvalue weighted by Crippen LogP contribution is -2.18. The third-order valence-corrected chi connectivity index (χ3v) is 4.63. The zero-order chi connectivity index (χ0) is 20.0. The van der Waals surface area contributed by atoms with Crippen molar-refractivity contribution in [2.75, 3.05) is 31.4 Å². The van der Waals surface area contributed by atoms with Gasteiger partial charge in [-0.3, -0.25) is 4.79 Å². The van der Waals surface area contributed by atoms with E-state index < -0.39 is 0 Å². The molecule has 2 aromatic carbocycles. The van der Waals surface area contributed by atoms with Crippen molar-refractivity contribution in [2.24, 2.45) is 0 Å². The van der Waals surface area contributed by atoms with Gasteiger partial charge in [-0.2, -0.15) is 0 Å². The fourth-order valence-corrected chi connectivity index (χ4v) is 3.08. The highest BCUT2D eigenvalue weighted by atomic mass is 35.5. The molecule has 0 aliphatic heterocycles. The number of hydrogen-bond acceptors (Lipinski definition) is 4. The molecule has 2 rings (SSSR count). The Balaban J connectivity index is 2.02. The highest BCUT2D eigenvalue weighted by Gasteiger charge is 2.13. The van der Waals surface area contributed by atoms with E-state index >= 15 is 0 Å². The third kappa shape index (κ3) is 5.30. The first-order valence-electron chi connectivity index (χ1n) is 8.92. The highest BCUT2D eigenvalue weighted by molar-refractivity contribution is 6.32. The molecular weight excluding hydrogens is 364 g/mol. The lowest BCUT2D eigenvalue weighted by molar-refractivity contribution is -0.115. The quantitative estimate of drug-likeness (QED) is 0.647. The Morgan fingerprint density at radius 1 is 1.15 bits per heavy atom. The third-order valence-electron chi connectivity index (χ3n) is 4.33. The predicted molar refractivity (Wildman–Crippen MR) is 112 cm³/mol. The van der Waals surface area contributed by atoms with Gasteiger partial charge in [0.05, 0.1) is 24.9 Å². The summed E-state index contributed by atoms with van der Waals surface area (Å²) >= 11 is 6.11. The molecule has 0 saturated carbocycles. The Morgan fingerprint density at radius 3 is 2.48 bits per heavy atom. The van der Waals surface area contributed by atoms with Crippen molar-refractivity contribution in [2.45, 2.75) is 33.1 Å². The topological polar surface area (TPSA) is 59.6 Å². The number of carbonyl (C=O) groups is 1. The fraction of sp³-hybridized carbons (Fsp3) is 0.381. The molecule has 0 fully saturated rings. The van der Waals surface area contributed by atoms with Gasteiger partial charge >= 0.3 is 0 Å². The molecule has 146 valence electrons.